The van der Waals surface area contributed by atoms with Gasteiger partial charge in [0.25, 0.3) is 5.88 Å². The van der Waals surface area contributed by atoms with Gasteiger partial charge in [0.15, 0.2) is 63.6 Å². The predicted molar refractivity (Wildman–Crippen MR) is 552 cm³/mol. The number of carbonyl (C=O) groups excluding carboxylic acids is 1. The number of aromatic nitrogens is 17. The number of ether oxygens (including phenoxy) is 6. The number of halogens is 5. The van der Waals surface area contributed by atoms with Crippen molar-refractivity contribution in [2.24, 2.45) is 0 Å². The molecule has 5 aromatic carbocycles. The van der Waals surface area contributed by atoms with Gasteiger partial charge < -0.3 is 76.6 Å². The SMILES string of the molecule is COCC(=O)N[C@@H](C)CNc1nccc(-c2oc(-c3ccc(C(F)(F)F)cc3)nc2-c2cnc(N)c(OC)c2)n1.COc1cc(-c2nc(-c3ccc(F)cc3)oc2-c2ccncc2)cnc1N.COc1cc(-c2nc(-c3ccc(F)cc3)sc2-c2ccncc2)cnc1N.COc1cc(-c2sc(-c3ccccc3)nc2-c2ccncc2)cnc1N.COc1nc(-c2sc(-c3ccccc3)nc2-c2ccncc2)cnc1N. The molecule has 20 rings (SSSR count). The van der Waals surface area contributed by atoms with Gasteiger partial charge >= 0.3 is 6.18 Å². The standard InChI is InChI=1S/C26H26F3N7O4.C20H15FN4O2.C20H15FN4OS.C20H16N4OS.C19H15N5OS/c1-14(34-20(37)13-38-2)11-33-25-31-9-8-18(35-25)22-21(16-10-19(39-3)23(30)32-12-16)36-24(40-22)15-4-6-17(7-5-15)26(27,28)29;2*1-26-16-10-14(11-24-19(16)22)17-18(12-6-8-23-9-7-12)27-20(25-17)13-2-4-15(21)5-3-13;1-25-16-11-15(12-23-19(16)21)18-17(13-7-9-22-10-8-13)24-20(26-18)14-5-3-2-4-6-14;1-25-18-17(20)22-11-14(23-18)16-15(12-7-9-21-10-8-12)24-19(26-16)13-5-3-2-4-6-13/h4-10,12,14H,11,13H2,1-3H3,(H2,30,32)(H,34,37)(H,31,33,35);2*2-11H,1H3,(H2,22,24);2-12H,1H3,(H2,21,23);2-11H,1H3,(H2,20,22)/t14-;;;;/m0..../s1. The minimum Gasteiger partial charge on any atom is -0.493 e. The van der Waals surface area contributed by atoms with E-state index in [1.165, 1.54) is 88.6 Å². The van der Waals surface area contributed by atoms with Gasteiger partial charge in [0.2, 0.25) is 23.6 Å². The molecule has 0 saturated carbocycles. The maximum Gasteiger partial charge on any atom is 0.416 e. The molecule has 0 spiro atoms. The quantitative estimate of drug-likeness (QED) is 0.0248. The van der Waals surface area contributed by atoms with E-state index in [1.54, 1.807) is 161 Å². The van der Waals surface area contributed by atoms with Gasteiger partial charge in [-0.3, -0.25) is 24.7 Å². The average Bonchev–Trinajstić information content (AvgIpc) is 1.65. The molecule has 0 unspecified atom stereocenters. The van der Waals surface area contributed by atoms with E-state index >= 15 is 0 Å². The lowest BCUT2D eigenvalue weighted by Crippen LogP contribution is -2.39. The van der Waals surface area contributed by atoms with Gasteiger partial charge in [-0.25, -0.2) is 73.6 Å². The monoisotopic (exact) mass is 2020 g/mol. The maximum absolute atomic E-state index is 13.3. The number of oxazole rings is 2. The van der Waals surface area contributed by atoms with Gasteiger partial charge in [-0.15, -0.1) is 34.0 Å². The number of alkyl halides is 3. The Balaban J connectivity index is 0.000000132. The Labute approximate surface area is 843 Å². The van der Waals surface area contributed by atoms with Crippen molar-refractivity contribution in [1.29, 1.82) is 0 Å². The smallest absolute Gasteiger partial charge is 0.416 e. The lowest BCUT2D eigenvalue weighted by atomic mass is 10.1. The number of hydrogen-bond acceptors (Lipinski definition) is 35. The van der Waals surface area contributed by atoms with Crippen LogP contribution in [0.4, 0.5) is 57.0 Å². The molecular weight excluding hydrogens is 1930 g/mol. The number of hydrogen-bond donors (Lipinski definition) is 7. The highest BCUT2D eigenvalue weighted by Gasteiger charge is 2.32. The van der Waals surface area contributed by atoms with Crippen LogP contribution in [0.25, 0.3) is 165 Å². The lowest BCUT2D eigenvalue weighted by molar-refractivity contribution is -0.137. The molecular formula is C105H87F5N24O9S3. The molecule has 0 fully saturated rings. The summed E-state index contributed by atoms with van der Waals surface area (Å²) in [7, 11) is 9.05. The van der Waals surface area contributed by atoms with Crippen molar-refractivity contribution in [3.8, 4) is 194 Å². The first kappa shape index (κ1) is 101. The van der Waals surface area contributed by atoms with Crippen molar-refractivity contribution in [3.63, 3.8) is 0 Å². The van der Waals surface area contributed by atoms with Crippen molar-refractivity contribution in [3.05, 3.63) is 316 Å². The number of amides is 1. The Morgan fingerprint density at radius 3 is 1.21 bits per heavy atom. The normalized spacial score (nSPS) is 11.1. The molecule has 734 valence electrons. The molecule has 1 amide bonds. The van der Waals surface area contributed by atoms with Gasteiger partial charge in [-0.2, -0.15) is 13.2 Å². The van der Waals surface area contributed by atoms with E-state index in [0.717, 1.165) is 109 Å². The highest BCUT2D eigenvalue weighted by molar-refractivity contribution is 7.19. The number of nitrogen functional groups attached to an aromatic ring is 5. The van der Waals surface area contributed by atoms with Crippen LogP contribution in [0.2, 0.25) is 0 Å². The molecule has 0 aliphatic carbocycles. The Hall–Kier alpha value is -18.4. The van der Waals surface area contributed by atoms with Crippen molar-refractivity contribution in [2.45, 2.75) is 19.1 Å². The third-order valence-electron chi connectivity index (χ3n) is 21.4. The first-order valence-corrected chi connectivity index (χ1v) is 46.5. The van der Waals surface area contributed by atoms with E-state index in [4.69, 9.17) is 80.9 Å². The predicted octanol–water partition coefficient (Wildman–Crippen LogP) is 21.3. The van der Waals surface area contributed by atoms with Crippen LogP contribution in [0.15, 0.2) is 308 Å². The number of nitrogens with two attached hydrogens (primary N) is 5. The van der Waals surface area contributed by atoms with E-state index in [2.05, 4.69) is 92.5 Å². The molecule has 0 saturated heterocycles. The summed E-state index contributed by atoms with van der Waals surface area (Å²) >= 11 is 4.70. The van der Waals surface area contributed by atoms with Crippen LogP contribution in [0.3, 0.4) is 0 Å². The first-order valence-electron chi connectivity index (χ1n) is 44.1. The molecule has 0 aliphatic heterocycles. The molecule has 1 atom stereocenters. The zero-order valence-corrected chi connectivity index (χ0v) is 81.0. The van der Waals surface area contributed by atoms with Gasteiger partial charge in [-0.1, -0.05) is 60.7 Å². The fourth-order valence-corrected chi connectivity index (χ4v) is 17.5. The number of nitrogens with zero attached hydrogens (tertiary/aromatic N) is 17. The fourth-order valence-electron chi connectivity index (χ4n) is 14.2. The van der Waals surface area contributed by atoms with Gasteiger partial charge in [0.1, 0.15) is 56.0 Å². The number of carbonyl (C=O) groups is 1. The fraction of sp³-hybridized carbons (Fsp3) is 0.105. The zero-order valence-electron chi connectivity index (χ0n) is 78.6. The molecule has 0 aliphatic rings. The Bertz CT molecular complexity index is 7490. The van der Waals surface area contributed by atoms with E-state index in [0.29, 0.717) is 104 Å². The van der Waals surface area contributed by atoms with Crippen molar-refractivity contribution >= 4 is 75.0 Å². The van der Waals surface area contributed by atoms with Gasteiger partial charge in [-0.05, 0) is 164 Å². The highest BCUT2D eigenvalue weighted by Crippen LogP contribution is 2.47. The molecule has 33 nitrogen and oxygen atoms in total. The number of methoxy groups -OCH3 is 6. The summed E-state index contributed by atoms with van der Waals surface area (Å²) in [6.07, 6.45) is 19.0. The van der Waals surface area contributed by atoms with Crippen LogP contribution in [0.1, 0.15) is 12.5 Å². The number of benzene rings is 5. The Morgan fingerprint density at radius 2 is 0.747 bits per heavy atom. The number of rotatable bonds is 26. The van der Waals surface area contributed by atoms with Crippen molar-refractivity contribution < 1.29 is 64.0 Å². The summed E-state index contributed by atoms with van der Waals surface area (Å²) in [4.78, 5) is 88.9. The first-order chi connectivity index (χ1) is 70.9. The van der Waals surface area contributed by atoms with Crippen LogP contribution in [0, 0.1) is 11.6 Å². The van der Waals surface area contributed by atoms with Crippen LogP contribution >= 0.6 is 34.0 Å². The largest absolute Gasteiger partial charge is 0.493 e. The molecule has 15 aromatic heterocycles. The summed E-state index contributed by atoms with van der Waals surface area (Å²) in [5, 5.41) is 8.46. The molecule has 12 N–H and O–H groups in total. The van der Waals surface area contributed by atoms with Crippen molar-refractivity contribution in [1.82, 2.24) is 90.0 Å². The number of anilines is 6. The highest BCUT2D eigenvalue weighted by atomic mass is 32.1. The molecule has 0 bridgehead atoms. The summed E-state index contributed by atoms with van der Waals surface area (Å²) in [6.45, 7) is 2.06. The third kappa shape index (κ3) is 24.4. The second kappa shape index (κ2) is 46.8. The minimum atomic E-state index is -4.48. The van der Waals surface area contributed by atoms with E-state index < -0.39 is 11.7 Å². The Kier molecular flexibility index (Phi) is 32.3. The van der Waals surface area contributed by atoms with Crippen molar-refractivity contribution in [2.75, 3.05) is 89.8 Å². The summed E-state index contributed by atoms with van der Waals surface area (Å²) < 4.78 is 109. The lowest BCUT2D eigenvalue weighted by Gasteiger charge is -2.14. The molecule has 41 heteroatoms. The van der Waals surface area contributed by atoms with Crippen LogP contribution in [-0.2, 0) is 15.7 Å². The second-order valence-electron chi connectivity index (χ2n) is 31.2. The minimum absolute atomic E-state index is 0.0589. The summed E-state index contributed by atoms with van der Waals surface area (Å²) in [6, 6.07) is 60.5. The maximum atomic E-state index is 13.3. The number of nitrogens with one attached hydrogen (secondary N) is 2. The van der Waals surface area contributed by atoms with Gasteiger partial charge in [0.05, 0.1) is 79.0 Å². The Morgan fingerprint density at radius 1 is 0.363 bits per heavy atom. The van der Waals surface area contributed by atoms with Crippen LogP contribution in [-0.4, -0.2) is 152 Å². The number of pyridine rings is 8. The topological polar surface area (TPSA) is 472 Å². The van der Waals surface area contributed by atoms with Crippen LogP contribution < -0.4 is 63.0 Å². The van der Waals surface area contributed by atoms with Crippen LogP contribution in [0.5, 0.6) is 28.9 Å². The van der Waals surface area contributed by atoms with E-state index in [-0.39, 0.29) is 65.2 Å². The average molecular weight is 2020 g/mol. The molecule has 146 heavy (non-hydrogen) atoms. The van der Waals surface area contributed by atoms with E-state index in [9.17, 15) is 26.7 Å². The zero-order chi connectivity index (χ0) is 102. The van der Waals surface area contributed by atoms with Gasteiger partial charge in [0, 0.05) is 167 Å². The molecule has 20 aromatic rings. The molecule has 0 radical (unpaired) electrons. The molecule has 15 heterocycles. The summed E-state index contributed by atoms with van der Waals surface area (Å²) in [5.74, 6) is 4.07. The second-order valence-corrected chi connectivity index (χ2v) is 34.2. The van der Waals surface area contributed by atoms with E-state index in [1.807, 2.05) is 109 Å². The summed E-state index contributed by atoms with van der Waals surface area (Å²) in [5.41, 5.74) is 43.4. The number of thiazole rings is 3. The third-order valence-corrected chi connectivity index (χ3v) is 24.9.